The van der Waals surface area contributed by atoms with Gasteiger partial charge in [-0.25, -0.2) is 0 Å². The number of Topliss-reactive ketones (excluding diaryl/α,β-unsaturated/α-hetero) is 1. The van der Waals surface area contributed by atoms with E-state index in [1.54, 1.807) is 6.92 Å². The third-order valence-electron chi connectivity index (χ3n) is 7.34. The molecule has 1 aliphatic carbocycles. The Morgan fingerprint density at radius 3 is 2.40 bits per heavy atom. The number of rotatable bonds is 6. The number of benzene rings is 1. The zero-order valence-corrected chi connectivity index (χ0v) is 21.0. The minimum atomic E-state index is -0.246. The van der Waals surface area contributed by atoms with E-state index in [4.69, 9.17) is 17.0 Å². The van der Waals surface area contributed by atoms with E-state index in [0.29, 0.717) is 56.1 Å². The number of fused-ring (bicyclic) bond motifs is 1. The zero-order valence-electron chi connectivity index (χ0n) is 20.2. The molecule has 1 saturated carbocycles. The number of anilines is 1. The predicted molar refractivity (Wildman–Crippen MR) is 134 cm³/mol. The lowest BCUT2D eigenvalue weighted by molar-refractivity contribution is -0.149. The van der Waals surface area contributed by atoms with Crippen molar-refractivity contribution in [3.05, 3.63) is 29.8 Å². The third-order valence-corrected chi connectivity index (χ3v) is 7.68. The van der Waals surface area contributed by atoms with Crippen LogP contribution in [-0.4, -0.2) is 84.4 Å². The number of methoxy groups -OCH3 is 1. The normalized spacial score (nSPS) is 24.5. The van der Waals surface area contributed by atoms with E-state index < -0.39 is 0 Å². The van der Waals surface area contributed by atoms with Crippen molar-refractivity contribution in [3.63, 3.8) is 0 Å². The predicted octanol–water partition coefficient (Wildman–Crippen LogP) is 1.60. The first-order valence-corrected chi connectivity index (χ1v) is 12.5. The summed E-state index contributed by atoms with van der Waals surface area (Å²) in [6, 6.07) is 7.37. The molecular formula is C25H32N4O5S. The summed E-state index contributed by atoms with van der Waals surface area (Å²) in [6.45, 7) is 4.41. The van der Waals surface area contributed by atoms with Crippen LogP contribution in [0.3, 0.4) is 0 Å². The molecule has 0 spiro atoms. The molecule has 1 aromatic rings. The molecule has 3 atom stereocenters. The van der Waals surface area contributed by atoms with E-state index >= 15 is 0 Å². The molecule has 188 valence electrons. The van der Waals surface area contributed by atoms with Crippen LogP contribution in [0.15, 0.2) is 24.3 Å². The average Bonchev–Trinajstić information content (AvgIpc) is 2.87. The summed E-state index contributed by atoms with van der Waals surface area (Å²) in [7, 11) is 1.38. The molecule has 9 nitrogen and oxygen atoms in total. The van der Waals surface area contributed by atoms with Gasteiger partial charge in [0.1, 0.15) is 0 Å². The number of hydrogen-bond donors (Lipinski definition) is 1. The maximum absolute atomic E-state index is 13.1. The summed E-state index contributed by atoms with van der Waals surface area (Å²) < 4.78 is 4.86. The summed E-state index contributed by atoms with van der Waals surface area (Å²) in [5.74, 6) is -0.723. The second-order valence-electron chi connectivity index (χ2n) is 9.41. The Morgan fingerprint density at radius 1 is 1.09 bits per heavy atom. The third kappa shape index (κ3) is 5.47. The van der Waals surface area contributed by atoms with Gasteiger partial charge in [0, 0.05) is 56.4 Å². The lowest BCUT2D eigenvalue weighted by Gasteiger charge is -2.43. The summed E-state index contributed by atoms with van der Waals surface area (Å²) in [5.41, 5.74) is 1.72. The summed E-state index contributed by atoms with van der Waals surface area (Å²) in [5, 5.41) is 3.55. The second-order valence-corrected chi connectivity index (χ2v) is 9.79. The number of thiocarbonyl (C=S) groups is 1. The molecule has 1 aromatic carbocycles. The van der Waals surface area contributed by atoms with Crippen LogP contribution in [0.25, 0.3) is 0 Å². The fourth-order valence-electron chi connectivity index (χ4n) is 5.24. The molecule has 4 rings (SSSR count). The smallest absolute Gasteiger partial charge is 0.308 e. The SMILES string of the molecule is COC(=O)C1CCC2C(=O)N(CCC(=O)N3CCN(c4ccc(C(C)=O)cc4)CC3)C(=S)NC2C1. The number of nitrogens with zero attached hydrogens (tertiary/aromatic N) is 3. The van der Waals surface area contributed by atoms with E-state index in [1.807, 2.05) is 29.2 Å². The van der Waals surface area contributed by atoms with Crippen LogP contribution in [0.1, 0.15) is 43.0 Å². The molecule has 3 fully saturated rings. The summed E-state index contributed by atoms with van der Waals surface area (Å²) in [6.07, 6.45) is 1.95. The number of carbonyl (C=O) groups is 4. The minimum absolute atomic E-state index is 0.00343. The molecular weight excluding hydrogens is 468 g/mol. The van der Waals surface area contributed by atoms with Crippen molar-refractivity contribution in [2.45, 2.75) is 38.6 Å². The number of amides is 2. The monoisotopic (exact) mass is 500 g/mol. The van der Waals surface area contributed by atoms with Crippen molar-refractivity contribution in [2.24, 2.45) is 11.8 Å². The van der Waals surface area contributed by atoms with Gasteiger partial charge in [-0.2, -0.15) is 0 Å². The Hall–Kier alpha value is -3.01. The van der Waals surface area contributed by atoms with Crippen molar-refractivity contribution in [1.29, 1.82) is 0 Å². The molecule has 35 heavy (non-hydrogen) atoms. The maximum atomic E-state index is 13.1. The molecule has 0 bridgehead atoms. The molecule has 2 saturated heterocycles. The van der Waals surface area contributed by atoms with Gasteiger partial charge in [0.25, 0.3) is 0 Å². The number of carbonyl (C=O) groups excluding carboxylic acids is 4. The molecule has 10 heteroatoms. The number of esters is 1. The first-order valence-electron chi connectivity index (χ1n) is 12.1. The van der Waals surface area contributed by atoms with Gasteiger partial charge in [-0.3, -0.25) is 24.1 Å². The van der Waals surface area contributed by atoms with Gasteiger partial charge < -0.3 is 19.9 Å². The van der Waals surface area contributed by atoms with Crippen LogP contribution in [0, 0.1) is 11.8 Å². The van der Waals surface area contributed by atoms with E-state index in [-0.39, 0.29) is 54.4 Å². The Labute approximate surface area is 210 Å². The van der Waals surface area contributed by atoms with Crippen LogP contribution in [0.2, 0.25) is 0 Å². The first-order chi connectivity index (χ1) is 16.8. The quantitative estimate of drug-likeness (QED) is 0.357. The number of ether oxygens (including phenoxy) is 1. The van der Waals surface area contributed by atoms with Gasteiger partial charge >= 0.3 is 5.97 Å². The van der Waals surface area contributed by atoms with Crippen molar-refractivity contribution in [3.8, 4) is 0 Å². The molecule has 2 aliphatic heterocycles. The van der Waals surface area contributed by atoms with Crippen LogP contribution in [-0.2, 0) is 19.1 Å². The van der Waals surface area contributed by atoms with Crippen molar-refractivity contribution >= 4 is 46.6 Å². The highest BCUT2D eigenvalue weighted by molar-refractivity contribution is 7.80. The number of nitrogens with one attached hydrogen (secondary N) is 1. The van der Waals surface area contributed by atoms with E-state index in [1.165, 1.54) is 12.0 Å². The van der Waals surface area contributed by atoms with Gasteiger partial charge in [-0.15, -0.1) is 0 Å². The number of ketones is 1. The van der Waals surface area contributed by atoms with E-state index in [0.717, 1.165) is 5.69 Å². The molecule has 0 radical (unpaired) electrons. The zero-order chi connectivity index (χ0) is 25.1. The Bertz CT molecular complexity index is 1010. The lowest BCUT2D eigenvalue weighted by atomic mass is 9.76. The minimum Gasteiger partial charge on any atom is -0.469 e. The van der Waals surface area contributed by atoms with Gasteiger partial charge in [0.2, 0.25) is 11.8 Å². The fourth-order valence-corrected chi connectivity index (χ4v) is 5.57. The highest BCUT2D eigenvalue weighted by Gasteiger charge is 2.44. The Kier molecular flexibility index (Phi) is 7.69. The van der Waals surface area contributed by atoms with Gasteiger partial charge in [0.05, 0.1) is 18.9 Å². The van der Waals surface area contributed by atoms with Crippen LogP contribution in [0.5, 0.6) is 0 Å². The van der Waals surface area contributed by atoms with Crippen molar-refractivity contribution in [1.82, 2.24) is 15.1 Å². The van der Waals surface area contributed by atoms with Crippen LogP contribution >= 0.6 is 12.2 Å². The molecule has 3 aliphatic rings. The summed E-state index contributed by atoms with van der Waals surface area (Å²) in [4.78, 5) is 54.9. The topological polar surface area (TPSA) is 99.3 Å². The highest BCUT2D eigenvalue weighted by Crippen LogP contribution is 2.33. The van der Waals surface area contributed by atoms with Crippen molar-refractivity contribution < 1.29 is 23.9 Å². The molecule has 2 heterocycles. The lowest BCUT2D eigenvalue weighted by Crippen LogP contribution is -2.62. The van der Waals surface area contributed by atoms with Crippen LogP contribution in [0.4, 0.5) is 5.69 Å². The Balaban J connectivity index is 1.26. The largest absolute Gasteiger partial charge is 0.469 e. The van der Waals surface area contributed by atoms with E-state index in [2.05, 4.69) is 10.2 Å². The fraction of sp³-hybridized carbons (Fsp3) is 0.560. The summed E-state index contributed by atoms with van der Waals surface area (Å²) >= 11 is 5.43. The number of piperazine rings is 1. The molecule has 2 amide bonds. The highest BCUT2D eigenvalue weighted by atomic mass is 32.1. The molecule has 0 aromatic heterocycles. The van der Waals surface area contributed by atoms with Crippen molar-refractivity contribution in [2.75, 3.05) is 44.7 Å². The number of hydrogen-bond acceptors (Lipinski definition) is 7. The van der Waals surface area contributed by atoms with Gasteiger partial charge in [-0.05, 0) is 62.7 Å². The van der Waals surface area contributed by atoms with E-state index in [9.17, 15) is 19.2 Å². The molecule has 3 unspecified atom stereocenters. The average molecular weight is 501 g/mol. The maximum Gasteiger partial charge on any atom is 0.308 e. The van der Waals surface area contributed by atoms with Gasteiger partial charge in [0.15, 0.2) is 10.9 Å². The molecule has 1 N–H and O–H groups in total. The van der Waals surface area contributed by atoms with Crippen LogP contribution < -0.4 is 10.2 Å². The van der Waals surface area contributed by atoms with Gasteiger partial charge in [-0.1, -0.05) is 0 Å². The Morgan fingerprint density at radius 2 is 1.77 bits per heavy atom. The first kappa shape index (κ1) is 25.1. The second kappa shape index (κ2) is 10.7. The standard InChI is InChI=1S/C25H32N4O5S/c1-16(30)17-3-6-19(7-4-17)27-11-13-28(14-12-27)22(31)9-10-29-23(32)20-8-5-18(24(33)34-2)15-21(20)26-25(29)35/h3-4,6-7,18,20-21H,5,8-15H2,1-2H3,(H,26,35).